The van der Waals surface area contributed by atoms with Gasteiger partial charge < -0.3 is 4.90 Å². The maximum absolute atomic E-state index is 12.8. The first-order chi connectivity index (χ1) is 16.7. The summed E-state index contributed by atoms with van der Waals surface area (Å²) in [5.41, 5.74) is 1.91. The van der Waals surface area contributed by atoms with Crippen molar-refractivity contribution >= 4 is 45.9 Å². The number of aromatic nitrogens is 4. The molecule has 3 aromatic rings. The molecule has 1 aliphatic carbocycles. The third kappa shape index (κ3) is 4.84. The summed E-state index contributed by atoms with van der Waals surface area (Å²) in [6.45, 7) is 9.88. The van der Waals surface area contributed by atoms with Crippen LogP contribution in [0.15, 0.2) is 40.6 Å². The zero-order valence-corrected chi connectivity index (χ0v) is 23.1. The highest BCUT2D eigenvalue weighted by Crippen LogP contribution is 2.47. The van der Waals surface area contributed by atoms with Crippen molar-refractivity contribution in [2.24, 2.45) is 5.41 Å². The van der Waals surface area contributed by atoms with Crippen LogP contribution in [0.3, 0.4) is 0 Å². The Kier molecular flexibility index (Phi) is 6.89. The molecule has 10 heteroatoms. The molecule has 0 bridgehead atoms. The molecule has 188 valence electrons. The number of pyridine rings is 1. The second kappa shape index (κ2) is 9.65. The zero-order chi connectivity index (χ0) is 24.8. The average Bonchev–Trinajstić information content (AvgIpc) is 3.45. The van der Waals surface area contributed by atoms with Gasteiger partial charge in [-0.05, 0) is 64.9 Å². The number of imidazole rings is 1. The van der Waals surface area contributed by atoms with E-state index in [0.717, 1.165) is 59.4 Å². The number of piperidine rings is 1. The van der Waals surface area contributed by atoms with E-state index in [1.807, 2.05) is 52.4 Å². The molecule has 1 aliphatic heterocycles. The number of hydrogen-bond acceptors (Lipinski definition) is 6. The topological polar surface area (TPSA) is 75.4 Å². The van der Waals surface area contributed by atoms with Gasteiger partial charge in [-0.1, -0.05) is 29.8 Å². The quantitative estimate of drug-likeness (QED) is 0.472. The molecule has 2 aliphatic rings. The van der Waals surface area contributed by atoms with Crippen molar-refractivity contribution in [2.75, 3.05) is 18.0 Å². The van der Waals surface area contributed by atoms with Crippen molar-refractivity contribution in [3.05, 3.63) is 41.6 Å². The second-order valence-corrected chi connectivity index (χ2v) is 14.1. The van der Waals surface area contributed by atoms with Gasteiger partial charge in [0.2, 0.25) is 5.95 Å². The number of hydrogen-bond donors (Lipinski definition) is 1. The van der Waals surface area contributed by atoms with Crippen LogP contribution in [0.25, 0.3) is 5.65 Å². The second-order valence-electron chi connectivity index (χ2n) is 10.6. The van der Waals surface area contributed by atoms with Crippen LogP contribution < -0.4 is 9.62 Å². The van der Waals surface area contributed by atoms with Crippen LogP contribution in [-0.4, -0.2) is 47.4 Å². The average molecular weight is 533 g/mol. The largest absolute Gasteiger partial charge is 0.342 e. The van der Waals surface area contributed by atoms with Crippen molar-refractivity contribution in [1.82, 2.24) is 24.1 Å². The standard InChI is InChI=1S/C25H33ClN6OS2/c1-17-21(26)18(7-11-27-17)34-19-16-29-23(32-15-12-28-22(19)32)31-13-9-25(10-14-31)8-5-6-20(25)30-35(33)24(2,3)4/h7,11-12,15-16,20,30H,5-6,8-10,13-14H2,1-4H3/t20-,35+/m1/s1. The van der Waals surface area contributed by atoms with E-state index in [-0.39, 0.29) is 10.2 Å². The van der Waals surface area contributed by atoms with Crippen LogP contribution in [0.5, 0.6) is 0 Å². The molecule has 1 N–H and O–H groups in total. The van der Waals surface area contributed by atoms with Gasteiger partial charge in [0.05, 0.1) is 31.3 Å². The molecule has 0 aromatic carbocycles. The summed E-state index contributed by atoms with van der Waals surface area (Å²) in [5.74, 6) is 0.925. The lowest BCUT2D eigenvalue weighted by molar-refractivity contribution is 0.187. The number of aryl methyl sites for hydroxylation is 1. The molecule has 0 amide bonds. The van der Waals surface area contributed by atoms with E-state index in [2.05, 4.69) is 24.0 Å². The van der Waals surface area contributed by atoms with E-state index in [9.17, 15) is 4.21 Å². The zero-order valence-electron chi connectivity index (χ0n) is 20.8. The minimum Gasteiger partial charge on any atom is -0.342 e. The van der Waals surface area contributed by atoms with Gasteiger partial charge in [0, 0.05) is 48.8 Å². The van der Waals surface area contributed by atoms with Crippen LogP contribution in [0, 0.1) is 12.3 Å². The Balaban J connectivity index is 1.34. The Hall–Kier alpha value is -1.68. The molecule has 3 aromatic heterocycles. The fraction of sp³-hybridized carbons (Fsp3) is 0.560. The van der Waals surface area contributed by atoms with Gasteiger partial charge in [0.1, 0.15) is 0 Å². The smallest absolute Gasteiger partial charge is 0.211 e. The summed E-state index contributed by atoms with van der Waals surface area (Å²) in [5, 5.41) is 0.666. The van der Waals surface area contributed by atoms with Gasteiger partial charge in [0.15, 0.2) is 5.65 Å². The molecule has 1 saturated heterocycles. The Bertz CT molecular complexity index is 1250. The van der Waals surface area contributed by atoms with Gasteiger partial charge in [-0.15, -0.1) is 0 Å². The first-order valence-electron chi connectivity index (χ1n) is 12.2. The summed E-state index contributed by atoms with van der Waals surface area (Å²) in [4.78, 5) is 18.0. The number of nitrogens with zero attached hydrogens (tertiary/aromatic N) is 5. The highest BCUT2D eigenvalue weighted by molar-refractivity contribution is 7.99. The lowest BCUT2D eigenvalue weighted by atomic mass is 9.74. The van der Waals surface area contributed by atoms with E-state index in [0.29, 0.717) is 11.1 Å². The maximum atomic E-state index is 12.8. The predicted octanol–water partition coefficient (Wildman–Crippen LogP) is 5.43. The monoisotopic (exact) mass is 532 g/mol. The number of rotatable bonds is 5. The number of halogens is 1. The van der Waals surface area contributed by atoms with Gasteiger partial charge in [0.25, 0.3) is 0 Å². The van der Waals surface area contributed by atoms with E-state index in [1.165, 1.54) is 12.8 Å². The molecule has 1 spiro atoms. The first-order valence-corrected chi connectivity index (χ1v) is 14.6. The minimum absolute atomic E-state index is 0.219. The lowest BCUT2D eigenvalue weighted by Crippen LogP contribution is -2.51. The summed E-state index contributed by atoms with van der Waals surface area (Å²) >= 11 is 8.05. The molecule has 7 nitrogen and oxygen atoms in total. The van der Waals surface area contributed by atoms with Gasteiger partial charge in [-0.25, -0.2) is 18.9 Å². The lowest BCUT2D eigenvalue weighted by Gasteiger charge is -2.44. The summed E-state index contributed by atoms with van der Waals surface area (Å²) in [6.07, 6.45) is 13.2. The number of fused-ring (bicyclic) bond motifs is 1. The highest BCUT2D eigenvalue weighted by Gasteiger charge is 2.46. The Morgan fingerprint density at radius 1 is 1.14 bits per heavy atom. The third-order valence-electron chi connectivity index (χ3n) is 7.38. The van der Waals surface area contributed by atoms with E-state index < -0.39 is 11.0 Å². The maximum Gasteiger partial charge on any atom is 0.211 e. The first kappa shape index (κ1) is 25.0. The van der Waals surface area contributed by atoms with E-state index >= 15 is 0 Å². The number of nitrogens with one attached hydrogen (secondary N) is 1. The van der Waals surface area contributed by atoms with E-state index in [1.54, 1.807) is 18.0 Å². The van der Waals surface area contributed by atoms with Gasteiger partial charge >= 0.3 is 0 Å². The molecular formula is C25H33ClN6OS2. The highest BCUT2D eigenvalue weighted by atomic mass is 35.5. The fourth-order valence-electron chi connectivity index (χ4n) is 5.29. The van der Waals surface area contributed by atoms with Crippen molar-refractivity contribution in [2.45, 2.75) is 80.4 Å². The summed E-state index contributed by atoms with van der Waals surface area (Å²) in [7, 11) is -1.04. The molecular weight excluding hydrogens is 500 g/mol. The Labute approximate surface area is 219 Å². The van der Waals surface area contributed by atoms with E-state index in [4.69, 9.17) is 16.6 Å². The summed E-state index contributed by atoms with van der Waals surface area (Å²) < 4.78 is 18.1. The minimum atomic E-state index is -1.04. The van der Waals surface area contributed by atoms with Crippen LogP contribution in [0.2, 0.25) is 5.02 Å². The van der Waals surface area contributed by atoms with Crippen molar-refractivity contribution in [3.8, 4) is 0 Å². The van der Waals surface area contributed by atoms with Crippen LogP contribution in [0.4, 0.5) is 5.95 Å². The Morgan fingerprint density at radius 3 is 2.66 bits per heavy atom. The van der Waals surface area contributed by atoms with Crippen LogP contribution >= 0.6 is 23.4 Å². The molecule has 5 rings (SSSR count). The van der Waals surface area contributed by atoms with Crippen LogP contribution in [0.1, 0.15) is 58.6 Å². The van der Waals surface area contributed by atoms with Crippen molar-refractivity contribution in [3.63, 3.8) is 0 Å². The molecule has 4 heterocycles. The van der Waals surface area contributed by atoms with Crippen molar-refractivity contribution < 1.29 is 4.21 Å². The van der Waals surface area contributed by atoms with Gasteiger partial charge in [-0.3, -0.25) is 9.38 Å². The fourth-order valence-corrected chi connectivity index (χ4v) is 7.45. The van der Waals surface area contributed by atoms with Gasteiger partial charge in [-0.2, -0.15) is 0 Å². The third-order valence-corrected chi connectivity index (χ3v) is 10.6. The molecule has 1 saturated carbocycles. The molecule has 2 atom stereocenters. The molecule has 0 unspecified atom stereocenters. The molecule has 0 radical (unpaired) electrons. The van der Waals surface area contributed by atoms with Crippen LogP contribution in [-0.2, 0) is 11.0 Å². The normalized spacial score (nSPS) is 21.2. The van der Waals surface area contributed by atoms with Crippen molar-refractivity contribution in [1.29, 1.82) is 0 Å². The summed E-state index contributed by atoms with van der Waals surface area (Å²) in [6, 6.07) is 2.24. The molecule has 2 fully saturated rings. The number of anilines is 1. The SMILES string of the molecule is Cc1nccc(Sc2cnc(N3CCC4(CCC[C@H]4N[S@@](=O)C(C)(C)C)CC3)n3ccnc23)c1Cl. The molecule has 35 heavy (non-hydrogen) atoms. The predicted molar refractivity (Wildman–Crippen MR) is 144 cm³/mol. The Morgan fingerprint density at radius 2 is 1.91 bits per heavy atom.